The van der Waals surface area contributed by atoms with Gasteiger partial charge in [0.1, 0.15) is 0 Å². The maximum absolute atomic E-state index is 11.7. The van der Waals surface area contributed by atoms with E-state index in [1.807, 2.05) is 45.0 Å². The Bertz CT molecular complexity index is 421. The van der Waals surface area contributed by atoms with Crippen LogP contribution in [0, 0.1) is 6.92 Å². The summed E-state index contributed by atoms with van der Waals surface area (Å²) in [7, 11) is 0. The van der Waals surface area contributed by atoms with Crippen LogP contribution in [-0.4, -0.2) is 10.9 Å². The lowest BCUT2D eigenvalue weighted by atomic mass is 9.90. The number of carbonyl (C=O) groups is 1. The van der Waals surface area contributed by atoms with Crippen LogP contribution in [0.3, 0.4) is 0 Å². The van der Waals surface area contributed by atoms with E-state index in [4.69, 9.17) is 0 Å². The molecule has 0 radical (unpaired) electrons. The Morgan fingerprint density at radius 2 is 1.82 bits per heavy atom. The van der Waals surface area contributed by atoms with Gasteiger partial charge in [0.25, 0.3) is 0 Å². The molecule has 2 nitrogen and oxygen atoms in total. The zero-order valence-corrected chi connectivity index (χ0v) is 10.9. The minimum atomic E-state index is -1.10. The minimum absolute atomic E-state index is 0.0458. The number of carbonyl (C=O) groups excluding carboxylic acids is 1. The zero-order chi connectivity index (χ0) is 13.1. The Labute approximate surface area is 103 Å². The summed E-state index contributed by atoms with van der Waals surface area (Å²) in [4.78, 5) is 11.7. The summed E-state index contributed by atoms with van der Waals surface area (Å²) in [5.41, 5.74) is 1.77. The molecule has 0 aliphatic heterocycles. The molecule has 0 heterocycles. The minimum Gasteiger partial charge on any atom is -0.385 e. The molecule has 2 heteroatoms. The second-order valence-corrected chi connectivity index (χ2v) is 5.00. The molecule has 0 amide bonds. The van der Waals surface area contributed by atoms with Crippen LogP contribution < -0.4 is 0 Å². The topological polar surface area (TPSA) is 37.3 Å². The molecule has 0 aromatic heterocycles. The van der Waals surface area contributed by atoms with Gasteiger partial charge in [-0.15, -0.1) is 0 Å². The van der Waals surface area contributed by atoms with E-state index < -0.39 is 5.60 Å². The number of rotatable bonds is 4. The van der Waals surface area contributed by atoms with Crippen molar-refractivity contribution in [1.29, 1.82) is 0 Å². The van der Waals surface area contributed by atoms with Crippen molar-refractivity contribution in [3.8, 4) is 0 Å². The molecular formula is C15H20O2. The highest BCUT2D eigenvalue weighted by atomic mass is 16.3. The van der Waals surface area contributed by atoms with Crippen molar-refractivity contribution in [2.45, 2.75) is 39.7 Å². The van der Waals surface area contributed by atoms with Crippen molar-refractivity contribution in [2.75, 3.05) is 0 Å². The molecule has 1 atom stereocenters. The SMILES string of the molecule is CC(C)=CC(=O)CC(C)(O)c1ccc(C)cc1. The predicted molar refractivity (Wildman–Crippen MR) is 69.8 cm³/mol. The molecule has 92 valence electrons. The Morgan fingerprint density at radius 1 is 1.29 bits per heavy atom. The summed E-state index contributed by atoms with van der Waals surface area (Å²) in [5.74, 6) is -0.0458. The average molecular weight is 232 g/mol. The van der Waals surface area contributed by atoms with E-state index in [2.05, 4.69) is 0 Å². The predicted octanol–water partition coefficient (Wildman–Crippen LogP) is 3.13. The van der Waals surface area contributed by atoms with E-state index in [-0.39, 0.29) is 12.2 Å². The van der Waals surface area contributed by atoms with Crippen LogP contribution in [0.1, 0.15) is 38.3 Å². The van der Waals surface area contributed by atoms with Crippen LogP contribution in [0.15, 0.2) is 35.9 Å². The number of hydrogen-bond donors (Lipinski definition) is 1. The number of hydrogen-bond acceptors (Lipinski definition) is 2. The van der Waals surface area contributed by atoms with Crippen molar-refractivity contribution in [2.24, 2.45) is 0 Å². The summed E-state index contributed by atoms with van der Waals surface area (Å²) >= 11 is 0. The van der Waals surface area contributed by atoms with E-state index in [0.29, 0.717) is 0 Å². The van der Waals surface area contributed by atoms with Crippen molar-refractivity contribution < 1.29 is 9.90 Å². The third-order valence-electron chi connectivity index (χ3n) is 2.64. The maximum Gasteiger partial charge on any atom is 0.158 e. The van der Waals surface area contributed by atoms with Crippen LogP contribution in [0.2, 0.25) is 0 Å². The number of aliphatic hydroxyl groups is 1. The van der Waals surface area contributed by atoms with Crippen LogP contribution in [0.25, 0.3) is 0 Å². The van der Waals surface area contributed by atoms with Gasteiger partial charge in [-0.25, -0.2) is 0 Å². The van der Waals surface area contributed by atoms with E-state index in [1.165, 1.54) is 0 Å². The van der Waals surface area contributed by atoms with Crippen LogP contribution in [-0.2, 0) is 10.4 Å². The summed E-state index contributed by atoms with van der Waals surface area (Å²) in [5, 5.41) is 10.3. The molecule has 0 spiro atoms. The Hall–Kier alpha value is -1.41. The third kappa shape index (κ3) is 4.16. The summed E-state index contributed by atoms with van der Waals surface area (Å²) in [6.07, 6.45) is 1.68. The van der Waals surface area contributed by atoms with Gasteiger partial charge in [0.05, 0.1) is 5.60 Å². The van der Waals surface area contributed by atoms with Gasteiger partial charge in [-0.1, -0.05) is 35.4 Å². The van der Waals surface area contributed by atoms with Gasteiger partial charge in [0.2, 0.25) is 0 Å². The van der Waals surface area contributed by atoms with E-state index in [0.717, 1.165) is 16.7 Å². The number of allylic oxidation sites excluding steroid dienone is 2. The fraction of sp³-hybridized carbons (Fsp3) is 0.400. The molecule has 1 aromatic rings. The van der Waals surface area contributed by atoms with Crippen molar-refractivity contribution in [3.63, 3.8) is 0 Å². The standard InChI is InChI=1S/C15H20O2/c1-11(2)9-14(16)10-15(4,17)13-7-5-12(3)6-8-13/h5-9,17H,10H2,1-4H3. The monoisotopic (exact) mass is 232 g/mol. The first kappa shape index (κ1) is 13.7. The smallest absolute Gasteiger partial charge is 0.158 e. The molecule has 1 N–H and O–H groups in total. The van der Waals surface area contributed by atoms with Gasteiger partial charge < -0.3 is 5.11 Å². The van der Waals surface area contributed by atoms with E-state index in [9.17, 15) is 9.90 Å². The molecule has 0 fully saturated rings. The van der Waals surface area contributed by atoms with Crippen molar-refractivity contribution in [1.82, 2.24) is 0 Å². The van der Waals surface area contributed by atoms with Gasteiger partial charge >= 0.3 is 0 Å². The van der Waals surface area contributed by atoms with Gasteiger partial charge in [-0.3, -0.25) is 4.79 Å². The van der Waals surface area contributed by atoms with Gasteiger partial charge in [0.15, 0.2) is 5.78 Å². The Balaban J connectivity index is 2.85. The highest BCUT2D eigenvalue weighted by molar-refractivity contribution is 5.91. The molecule has 1 aromatic carbocycles. The summed E-state index contributed by atoms with van der Waals surface area (Å²) in [6.45, 7) is 7.41. The molecule has 0 saturated carbocycles. The quantitative estimate of drug-likeness (QED) is 0.810. The van der Waals surface area contributed by atoms with Crippen LogP contribution in [0.4, 0.5) is 0 Å². The lowest BCUT2D eigenvalue weighted by Crippen LogP contribution is -2.24. The first-order valence-electron chi connectivity index (χ1n) is 5.78. The van der Waals surface area contributed by atoms with Crippen molar-refractivity contribution >= 4 is 5.78 Å². The van der Waals surface area contributed by atoms with Gasteiger partial charge in [0, 0.05) is 6.42 Å². The van der Waals surface area contributed by atoms with Crippen molar-refractivity contribution in [3.05, 3.63) is 47.0 Å². The molecule has 0 aliphatic rings. The molecule has 1 rings (SSSR count). The highest BCUT2D eigenvalue weighted by Crippen LogP contribution is 2.25. The number of ketones is 1. The first-order valence-corrected chi connectivity index (χ1v) is 5.78. The fourth-order valence-electron chi connectivity index (χ4n) is 1.73. The molecule has 1 unspecified atom stereocenters. The molecule has 0 aliphatic carbocycles. The zero-order valence-electron chi connectivity index (χ0n) is 10.9. The van der Waals surface area contributed by atoms with E-state index in [1.54, 1.807) is 13.0 Å². The Morgan fingerprint density at radius 3 is 2.29 bits per heavy atom. The van der Waals surface area contributed by atoms with Crippen LogP contribution in [0.5, 0.6) is 0 Å². The van der Waals surface area contributed by atoms with Gasteiger partial charge in [-0.2, -0.15) is 0 Å². The molecule has 0 bridgehead atoms. The second kappa shape index (κ2) is 5.28. The number of aryl methyl sites for hydroxylation is 1. The van der Waals surface area contributed by atoms with Gasteiger partial charge in [-0.05, 0) is 39.3 Å². The molecular weight excluding hydrogens is 212 g/mol. The lowest BCUT2D eigenvalue weighted by molar-refractivity contribution is -0.119. The summed E-state index contributed by atoms with van der Waals surface area (Å²) < 4.78 is 0. The molecule has 17 heavy (non-hydrogen) atoms. The fourth-order valence-corrected chi connectivity index (χ4v) is 1.73. The Kier molecular flexibility index (Phi) is 4.24. The lowest BCUT2D eigenvalue weighted by Gasteiger charge is -2.22. The normalized spacial score (nSPS) is 13.9. The third-order valence-corrected chi connectivity index (χ3v) is 2.64. The summed E-state index contributed by atoms with van der Waals surface area (Å²) in [6, 6.07) is 7.61. The molecule has 0 saturated heterocycles. The highest BCUT2D eigenvalue weighted by Gasteiger charge is 2.25. The maximum atomic E-state index is 11.7. The second-order valence-electron chi connectivity index (χ2n) is 5.00. The first-order chi connectivity index (χ1) is 7.81. The van der Waals surface area contributed by atoms with E-state index >= 15 is 0 Å². The largest absolute Gasteiger partial charge is 0.385 e. The number of benzene rings is 1. The van der Waals surface area contributed by atoms with Crippen LogP contribution >= 0.6 is 0 Å². The average Bonchev–Trinajstić information content (AvgIpc) is 2.15.